The van der Waals surface area contributed by atoms with Gasteiger partial charge in [0, 0.05) is 23.3 Å². The molecule has 0 aliphatic rings. The summed E-state index contributed by atoms with van der Waals surface area (Å²) in [6, 6.07) is 8.59. The molecule has 8 heteroatoms. The molecule has 4 nitrogen and oxygen atoms in total. The summed E-state index contributed by atoms with van der Waals surface area (Å²) in [5, 5.41) is 4.64. The van der Waals surface area contributed by atoms with E-state index >= 15 is 0 Å². The summed E-state index contributed by atoms with van der Waals surface area (Å²) in [6.45, 7) is 0. The van der Waals surface area contributed by atoms with Crippen molar-refractivity contribution >= 4 is 22.4 Å². The number of carbonyl (C=O) groups is 1. The Labute approximate surface area is 145 Å². The van der Waals surface area contributed by atoms with E-state index in [9.17, 15) is 18.0 Å². The quantitative estimate of drug-likeness (QED) is 0.747. The van der Waals surface area contributed by atoms with E-state index in [2.05, 4.69) is 15.3 Å². The number of anilines is 1. The summed E-state index contributed by atoms with van der Waals surface area (Å²) in [4.78, 5) is 20.3. The van der Waals surface area contributed by atoms with Gasteiger partial charge < -0.3 is 5.32 Å². The van der Waals surface area contributed by atoms with Crippen molar-refractivity contribution in [2.75, 3.05) is 5.32 Å². The molecule has 0 fully saturated rings. The second-order valence-electron chi connectivity index (χ2n) is 5.15. The predicted molar refractivity (Wildman–Crippen MR) is 89.1 cm³/mol. The summed E-state index contributed by atoms with van der Waals surface area (Å²) in [6.07, 6.45) is -1.62. The van der Waals surface area contributed by atoms with E-state index in [0.717, 1.165) is 11.6 Å². The molecule has 0 bridgehead atoms. The molecule has 2 heterocycles. The van der Waals surface area contributed by atoms with Gasteiger partial charge in [0.15, 0.2) is 5.13 Å². The lowest BCUT2D eigenvalue weighted by Crippen LogP contribution is -2.17. The Kier molecular flexibility index (Phi) is 4.80. The highest BCUT2D eigenvalue weighted by atomic mass is 32.1. The first-order valence-corrected chi connectivity index (χ1v) is 8.12. The number of carbonyl (C=O) groups excluding carboxylic acids is 1. The van der Waals surface area contributed by atoms with Crippen LogP contribution in [0.15, 0.2) is 54.2 Å². The second kappa shape index (κ2) is 7.02. The van der Waals surface area contributed by atoms with Crippen molar-refractivity contribution in [2.24, 2.45) is 0 Å². The monoisotopic (exact) mass is 363 g/mol. The minimum atomic E-state index is -4.49. The lowest BCUT2D eigenvalue weighted by Gasteiger charge is -2.12. The van der Waals surface area contributed by atoms with Crippen LogP contribution in [0.3, 0.4) is 0 Å². The number of benzene rings is 1. The first kappa shape index (κ1) is 17.1. The maximum Gasteiger partial charge on any atom is 0.416 e. The van der Waals surface area contributed by atoms with Gasteiger partial charge in [-0.1, -0.05) is 18.2 Å². The highest BCUT2D eigenvalue weighted by Crippen LogP contribution is 2.32. The van der Waals surface area contributed by atoms with Crippen LogP contribution in [0.4, 0.5) is 18.3 Å². The number of halogens is 3. The van der Waals surface area contributed by atoms with Gasteiger partial charge in [-0.25, -0.2) is 4.98 Å². The molecule has 25 heavy (non-hydrogen) atoms. The molecule has 1 amide bonds. The van der Waals surface area contributed by atoms with Crippen LogP contribution in [-0.4, -0.2) is 15.9 Å². The first-order chi connectivity index (χ1) is 11.9. The molecular formula is C17H12F3N3OS. The summed E-state index contributed by atoms with van der Waals surface area (Å²) < 4.78 is 38.9. The molecule has 0 spiro atoms. The van der Waals surface area contributed by atoms with Crippen molar-refractivity contribution in [1.82, 2.24) is 9.97 Å². The molecule has 0 radical (unpaired) electrons. The Bertz CT molecular complexity index is 878. The van der Waals surface area contributed by atoms with Gasteiger partial charge in [-0.3, -0.25) is 9.78 Å². The fourth-order valence-electron chi connectivity index (χ4n) is 2.27. The average Bonchev–Trinajstić information content (AvgIpc) is 3.03. The van der Waals surface area contributed by atoms with Crippen LogP contribution < -0.4 is 5.32 Å². The van der Waals surface area contributed by atoms with Crippen LogP contribution in [0.5, 0.6) is 0 Å². The van der Waals surface area contributed by atoms with Crippen LogP contribution in [0.1, 0.15) is 11.1 Å². The number of alkyl halides is 3. The average molecular weight is 363 g/mol. The molecular weight excluding hydrogens is 351 g/mol. The van der Waals surface area contributed by atoms with E-state index < -0.39 is 17.6 Å². The molecule has 0 saturated heterocycles. The van der Waals surface area contributed by atoms with Gasteiger partial charge in [0.25, 0.3) is 0 Å². The highest BCUT2D eigenvalue weighted by Gasteiger charge is 2.33. The zero-order valence-corrected chi connectivity index (χ0v) is 13.6. The van der Waals surface area contributed by atoms with E-state index in [-0.39, 0.29) is 12.0 Å². The molecule has 128 valence electrons. The maximum absolute atomic E-state index is 13.0. The van der Waals surface area contributed by atoms with Gasteiger partial charge in [-0.15, -0.1) is 11.3 Å². The number of hydrogen-bond acceptors (Lipinski definition) is 4. The van der Waals surface area contributed by atoms with Gasteiger partial charge in [0.1, 0.15) is 0 Å². The third-order valence-corrected chi connectivity index (χ3v) is 4.16. The number of aromatic nitrogens is 2. The summed E-state index contributed by atoms with van der Waals surface area (Å²) in [7, 11) is 0. The standard InChI is InChI=1S/C17H12F3N3OS/c18-17(19,20)13-4-2-1-3-12(13)9-15(24)23-16-22-14(10-25-16)11-5-7-21-8-6-11/h1-8,10H,9H2,(H,22,23,24). The second-order valence-corrected chi connectivity index (χ2v) is 6.01. The Morgan fingerprint density at radius 3 is 2.56 bits per heavy atom. The summed E-state index contributed by atoms with van der Waals surface area (Å²) >= 11 is 1.21. The molecule has 2 aromatic heterocycles. The number of pyridine rings is 1. The van der Waals surface area contributed by atoms with Gasteiger partial charge in [0.05, 0.1) is 17.7 Å². The van der Waals surface area contributed by atoms with Crippen molar-refractivity contribution in [1.29, 1.82) is 0 Å². The summed E-state index contributed by atoms with van der Waals surface area (Å²) in [5.74, 6) is -0.549. The van der Waals surface area contributed by atoms with E-state index in [0.29, 0.717) is 10.8 Å². The van der Waals surface area contributed by atoms with Crippen molar-refractivity contribution < 1.29 is 18.0 Å². The molecule has 1 aromatic carbocycles. The Hall–Kier alpha value is -2.74. The summed E-state index contributed by atoms with van der Waals surface area (Å²) in [5.41, 5.74) is 0.632. The lowest BCUT2D eigenvalue weighted by molar-refractivity contribution is -0.138. The van der Waals surface area contributed by atoms with Gasteiger partial charge in [-0.2, -0.15) is 13.2 Å². The van der Waals surface area contributed by atoms with Crippen molar-refractivity contribution in [2.45, 2.75) is 12.6 Å². The lowest BCUT2D eigenvalue weighted by atomic mass is 10.0. The highest BCUT2D eigenvalue weighted by molar-refractivity contribution is 7.14. The zero-order valence-electron chi connectivity index (χ0n) is 12.7. The Balaban J connectivity index is 1.71. The predicted octanol–water partition coefficient (Wildman–Crippen LogP) is 4.41. The topological polar surface area (TPSA) is 54.9 Å². The fraction of sp³-hybridized carbons (Fsp3) is 0.118. The molecule has 3 rings (SSSR count). The normalized spacial score (nSPS) is 11.3. The van der Waals surface area contributed by atoms with Crippen molar-refractivity contribution in [3.8, 4) is 11.3 Å². The zero-order chi connectivity index (χ0) is 17.9. The van der Waals surface area contributed by atoms with Crippen LogP contribution in [0.2, 0.25) is 0 Å². The maximum atomic E-state index is 13.0. The smallest absolute Gasteiger partial charge is 0.302 e. The molecule has 1 N–H and O–H groups in total. The third-order valence-electron chi connectivity index (χ3n) is 3.40. The molecule has 3 aromatic rings. The van der Waals surface area contributed by atoms with E-state index in [1.165, 1.54) is 29.5 Å². The molecule has 0 unspecified atom stereocenters. The first-order valence-electron chi connectivity index (χ1n) is 7.24. The van der Waals surface area contributed by atoms with E-state index in [1.54, 1.807) is 29.9 Å². The largest absolute Gasteiger partial charge is 0.416 e. The van der Waals surface area contributed by atoms with Gasteiger partial charge >= 0.3 is 6.18 Å². The fourth-order valence-corrected chi connectivity index (χ4v) is 3.01. The molecule has 0 aliphatic heterocycles. The minimum absolute atomic E-state index is 0.0709. The number of amides is 1. The number of nitrogens with zero attached hydrogens (tertiary/aromatic N) is 2. The number of thiazole rings is 1. The van der Waals surface area contributed by atoms with Crippen LogP contribution in [-0.2, 0) is 17.4 Å². The van der Waals surface area contributed by atoms with Crippen molar-refractivity contribution in [3.05, 3.63) is 65.3 Å². The molecule has 0 saturated carbocycles. The Morgan fingerprint density at radius 2 is 1.84 bits per heavy atom. The van der Waals surface area contributed by atoms with Crippen LogP contribution in [0.25, 0.3) is 11.3 Å². The Morgan fingerprint density at radius 1 is 1.12 bits per heavy atom. The third kappa shape index (κ3) is 4.21. The minimum Gasteiger partial charge on any atom is -0.302 e. The van der Waals surface area contributed by atoms with Crippen LogP contribution in [0, 0.1) is 0 Å². The number of rotatable bonds is 4. The van der Waals surface area contributed by atoms with Crippen molar-refractivity contribution in [3.63, 3.8) is 0 Å². The molecule has 0 atom stereocenters. The van der Waals surface area contributed by atoms with Gasteiger partial charge in [0.2, 0.25) is 5.91 Å². The van der Waals surface area contributed by atoms with Gasteiger partial charge in [-0.05, 0) is 23.8 Å². The number of hydrogen-bond donors (Lipinski definition) is 1. The van der Waals surface area contributed by atoms with Crippen LogP contribution >= 0.6 is 11.3 Å². The van der Waals surface area contributed by atoms with E-state index in [4.69, 9.17) is 0 Å². The number of nitrogens with one attached hydrogen (secondary N) is 1. The molecule has 0 aliphatic carbocycles. The van der Waals surface area contributed by atoms with E-state index in [1.807, 2.05) is 0 Å². The SMILES string of the molecule is O=C(Cc1ccccc1C(F)(F)F)Nc1nc(-c2ccncc2)cs1.